The van der Waals surface area contributed by atoms with Crippen LogP contribution in [0.15, 0.2) is 18.2 Å². The standard InChI is InChI=1S/C15H21ClN2O4/c1-11(19)18(10-15(20)17-7-4-8-21-2)13-9-12(16)5-6-14(13)22-3/h5-6,9H,4,7-8,10H2,1-3H3,(H,17,20). The lowest BCUT2D eigenvalue weighted by Gasteiger charge is -2.23. The predicted molar refractivity (Wildman–Crippen MR) is 85.5 cm³/mol. The number of methoxy groups -OCH3 is 2. The Hall–Kier alpha value is -1.79. The molecule has 0 saturated carbocycles. The minimum atomic E-state index is -0.271. The zero-order valence-electron chi connectivity index (χ0n) is 13.0. The van der Waals surface area contributed by atoms with Crippen LogP contribution in [0.3, 0.4) is 0 Å². The van der Waals surface area contributed by atoms with E-state index in [1.165, 1.54) is 18.9 Å². The summed E-state index contributed by atoms with van der Waals surface area (Å²) in [6, 6.07) is 4.91. The van der Waals surface area contributed by atoms with Crippen molar-refractivity contribution < 1.29 is 19.1 Å². The van der Waals surface area contributed by atoms with Gasteiger partial charge in [-0.1, -0.05) is 11.6 Å². The molecule has 0 aliphatic rings. The number of halogens is 1. The number of amides is 2. The molecular weight excluding hydrogens is 308 g/mol. The van der Waals surface area contributed by atoms with Gasteiger partial charge < -0.3 is 14.8 Å². The predicted octanol–water partition coefficient (Wildman–Crippen LogP) is 1.85. The first-order valence-electron chi connectivity index (χ1n) is 6.87. The summed E-state index contributed by atoms with van der Waals surface area (Å²) in [4.78, 5) is 25.2. The largest absolute Gasteiger partial charge is 0.495 e. The highest BCUT2D eigenvalue weighted by molar-refractivity contribution is 6.31. The van der Waals surface area contributed by atoms with Gasteiger partial charge in [-0.25, -0.2) is 0 Å². The van der Waals surface area contributed by atoms with Crippen molar-refractivity contribution in [1.82, 2.24) is 5.32 Å². The molecule has 0 aromatic heterocycles. The normalized spacial score (nSPS) is 10.2. The second-order valence-corrected chi connectivity index (χ2v) is 5.05. The smallest absolute Gasteiger partial charge is 0.240 e. The number of ether oxygens (including phenoxy) is 2. The number of hydrogen-bond acceptors (Lipinski definition) is 4. The number of rotatable bonds is 8. The number of carbonyl (C=O) groups excluding carboxylic acids is 2. The van der Waals surface area contributed by atoms with E-state index in [4.69, 9.17) is 21.1 Å². The third-order valence-corrected chi connectivity index (χ3v) is 3.20. The summed E-state index contributed by atoms with van der Waals surface area (Å²) >= 11 is 5.97. The Morgan fingerprint density at radius 3 is 2.64 bits per heavy atom. The number of carbonyl (C=O) groups is 2. The molecule has 1 rings (SSSR count). The Bertz CT molecular complexity index is 522. The van der Waals surface area contributed by atoms with Crippen LogP contribution in [0.5, 0.6) is 5.75 Å². The van der Waals surface area contributed by atoms with Gasteiger partial charge in [0.1, 0.15) is 12.3 Å². The van der Waals surface area contributed by atoms with E-state index in [0.29, 0.717) is 36.0 Å². The van der Waals surface area contributed by atoms with E-state index in [0.717, 1.165) is 0 Å². The first kappa shape index (κ1) is 18.3. The van der Waals surface area contributed by atoms with Crippen molar-refractivity contribution in [2.45, 2.75) is 13.3 Å². The molecule has 0 unspecified atom stereocenters. The average molecular weight is 329 g/mol. The Balaban J connectivity index is 2.80. The van der Waals surface area contributed by atoms with Crippen LogP contribution in [-0.2, 0) is 14.3 Å². The highest BCUT2D eigenvalue weighted by Crippen LogP contribution is 2.31. The highest BCUT2D eigenvalue weighted by atomic mass is 35.5. The van der Waals surface area contributed by atoms with Crippen LogP contribution in [0.4, 0.5) is 5.69 Å². The molecular formula is C15H21ClN2O4. The van der Waals surface area contributed by atoms with E-state index in [-0.39, 0.29) is 18.4 Å². The summed E-state index contributed by atoms with van der Waals surface area (Å²) in [6.07, 6.45) is 0.711. The SMILES string of the molecule is COCCCNC(=O)CN(C(C)=O)c1cc(Cl)ccc1OC. The van der Waals surface area contributed by atoms with E-state index in [1.54, 1.807) is 25.3 Å². The van der Waals surface area contributed by atoms with Crippen LogP contribution in [0.1, 0.15) is 13.3 Å². The van der Waals surface area contributed by atoms with Gasteiger partial charge in [0.25, 0.3) is 0 Å². The lowest BCUT2D eigenvalue weighted by Crippen LogP contribution is -2.40. The third-order valence-electron chi connectivity index (χ3n) is 2.96. The van der Waals surface area contributed by atoms with Crippen molar-refractivity contribution in [2.24, 2.45) is 0 Å². The fourth-order valence-corrected chi connectivity index (χ4v) is 2.05. The van der Waals surface area contributed by atoms with Gasteiger partial charge in [-0.3, -0.25) is 14.5 Å². The molecule has 0 atom stereocenters. The maximum absolute atomic E-state index is 12.0. The van der Waals surface area contributed by atoms with Gasteiger partial charge >= 0.3 is 0 Å². The van der Waals surface area contributed by atoms with E-state index < -0.39 is 0 Å². The molecule has 6 nitrogen and oxygen atoms in total. The van der Waals surface area contributed by atoms with Gasteiger partial charge in [0.2, 0.25) is 11.8 Å². The molecule has 0 spiro atoms. The molecule has 1 N–H and O–H groups in total. The Morgan fingerprint density at radius 1 is 1.32 bits per heavy atom. The summed E-state index contributed by atoms with van der Waals surface area (Å²) in [5.74, 6) is -0.0484. The Labute approximate surface area is 135 Å². The molecule has 0 aliphatic carbocycles. The average Bonchev–Trinajstić information content (AvgIpc) is 2.49. The summed E-state index contributed by atoms with van der Waals surface area (Å²) in [7, 11) is 3.10. The maximum Gasteiger partial charge on any atom is 0.240 e. The van der Waals surface area contributed by atoms with E-state index in [1.807, 2.05) is 0 Å². The van der Waals surface area contributed by atoms with Gasteiger partial charge in [0, 0.05) is 32.2 Å². The summed E-state index contributed by atoms with van der Waals surface area (Å²) in [5, 5.41) is 3.20. The molecule has 0 saturated heterocycles. The molecule has 122 valence electrons. The second kappa shape index (κ2) is 9.27. The summed E-state index contributed by atoms with van der Waals surface area (Å²) in [6.45, 7) is 2.35. The number of nitrogens with zero attached hydrogens (tertiary/aromatic N) is 1. The van der Waals surface area contributed by atoms with Crippen LogP contribution in [0.2, 0.25) is 5.02 Å². The topological polar surface area (TPSA) is 67.9 Å². The van der Waals surface area contributed by atoms with E-state index >= 15 is 0 Å². The number of nitrogens with one attached hydrogen (secondary N) is 1. The highest BCUT2D eigenvalue weighted by Gasteiger charge is 2.19. The molecule has 0 bridgehead atoms. The van der Waals surface area contributed by atoms with Gasteiger partial charge in [-0.05, 0) is 24.6 Å². The van der Waals surface area contributed by atoms with E-state index in [9.17, 15) is 9.59 Å². The molecule has 2 amide bonds. The quantitative estimate of drug-likeness (QED) is 0.740. The van der Waals surface area contributed by atoms with Crippen molar-refractivity contribution >= 4 is 29.1 Å². The first-order valence-corrected chi connectivity index (χ1v) is 7.24. The Kier molecular flexibility index (Phi) is 7.70. The molecule has 1 aromatic rings. The fraction of sp³-hybridized carbons (Fsp3) is 0.467. The van der Waals surface area contributed by atoms with Crippen molar-refractivity contribution in [2.75, 3.05) is 38.8 Å². The fourth-order valence-electron chi connectivity index (χ4n) is 1.88. The van der Waals surface area contributed by atoms with Gasteiger partial charge in [0.15, 0.2) is 0 Å². The van der Waals surface area contributed by atoms with Crippen molar-refractivity contribution in [3.63, 3.8) is 0 Å². The maximum atomic E-state index is 12.0. The van der Waals surface area contributed by atoms with Crippen molar-refractivity contribution in [1.29, 1.82) is 0 Å². The zero-order chi connectivity index (χ0) is 16.5. The van der Waals surface area contributed by atoms with Gasteiger partial charge in [0.05, 0.1) is 12.8 Å². The second-order valence-electron chi connectivity index (χ2n) is 4.62. The minimum absolute atomic E-state index is 0.0982. The van der Waals surface area contributed by atoms with Crippen LogP contribution >= 0.6 is 11.6 Å². The number of anilines is 1. The lowest BCUT2D eigenvalue weighted by atomic mass is 10.2. The van der Waals surface area contributed by atoms with Crippen LogP contribution in [0, 0.1) is 0 Å². The molecule has 0 fully saturated rings. The minimum Gasteiger partial charge on any atom is -0.495 e. The third kappa shape index (κ3) is 5.54. The summed E-state index contributed by atoms with van der Waals surface area (Å²) in [5.41, 5.74) is 0.467. The molecule has 0 heterocycles. The number of benzene rings is 1. The van der Waals surface area contributed by atoms with Crippen LogP contribution in [-0.4, -0.2) is 45.7 Å². The zero-order valence-corrected chi connectivity index (χ0v) is 13.8. The number of hydrogen-bond donors (Lipinski definition) is 1. The molecule has 0 radical (unpaired) electrons. The van der Waals surface area contributed by atoms with Crippen molar-refractivity contribution in [3.05, 3.63) is 23.2 Å². The molecule has 1 aromatic carbocycles. The lowest BCUT2D eigenvalue weighted by molar-refractivity contribution is -0.123. The van der Waals surface area contributed by atoms with Crippen LogP contribution in [0.25, 0.3) is 0 Å². The molecule has 22 heavy (non-hydrogen) atoms. The molecule has 0 aliphatic heterocycles. The van der Waals surface area contributed by atoms with Gasteiger partial charge in [-0.2, -0.15) is 0 Å². The van der Waals surface area contributed by atoms with Gasteiger partial charge in [-0.15, -0.1) is 0 Å². The van der Waals surface area contributed by atoms with Crippen LogP contribution < -0.4 is 15.0 Å². The molecule has 7 heteroatoms. The monoisotopic (exact) mass is 328 g/mol. The summed E-state index contributed by atoms with van der Waals surface area (Å²) < 4.78 is 10.1. The van der Waals surface area contributed by atoms with E-state index in [2.05, 4.69) is 5.32 Å². The Morgan fingerprint density at radius 2 is 2.05 bits per heavy atom. The van der Waals surface area contributed by atoms with Crippen molar-refractivity contribution in [3.8, 4) is 5.75 Å². The first-order chi connectivity index (χ1) is 10.5.